The Kier molecular flexibility index (Phi) is 9.09. The molecule has 1 aliphatic rings. The lowest BCUT2D eigenvalue weighted by Crippen LogP contribution is -2.42. The highest BCUT2D eigenvalue weighted by molar-refractivity contribution is 7.23. The molecule has 2 heterocycles. The fourth-order valence-corrected chi connectivity index (χ4v) is 5.33. The van der Waals surface area contributed by atoms with Crippen LogP contribution in [0.2, 0.25) is 5.02 Å². The molecule has 9 nitrogen and oxygen atoms in total. The van der Waals surface area contributed by atoms with Gasteiger partial charge in [-0.15, -0.1) is 0 Å². The van der Waals surface area contributed by atoms with E-state index in [1.54, 1.807) is 63.7 Å². The van der Waals surface area contributed by atoms with Crippen LogP contribution in [0.5, 0.6) is 23.0 Å². The van der Waals surface area contributed by atoms with Crippen molar-refractivity contribution in [3.8, 4) is 23.0 Å². The Morgan fingerprint density at radius 2 is 1.76 bits per heavy atom. The lowest BCUT2D eigenvalue weighted by molar-refractivity contribution is -0.114. The number of fused-ring (bicyclic) bond motifs is 1. The first kappa shape index (κ1) is 27.0. The molecule has 0 unspecified atom stereocenters. The monoisotopic (exact) mass is 547 g/mol. The molecular formula is C26H30ClN3O6S. The third-order valence-electron chi connectivity index (χ3n) is 6.01. The van der Waals surface area contributed by atoms with Crippen molar-refractivity contribution in [2.75, 3.05) is 72.7 Å². The summed E-state index contributed by atoms with van der Waals surface area (Å²) in [5, 5.41) is 1.11. The summed E-state index contributed by atoms with van der Waals surface area (Å²) in [6.07, 6.45) is 3.24. The van der Waals surface area contributed by atoms with Crippen LogP contribution in [0.25, 0.3) is 16.3 Å². The number of carbonyl (C=O) groups excluding carboxylic acids is 1. The zero-order valence-electron chi connectivity index (χ0n) is 21.3. The van der Waals surface area contributed by atoms with E-state index in [1.807, 2.05) is 0 Å². The number of benzene rings is 2. The van der Waals surface area contributed by atoms with E-state index in [4.69, 9.17) is 40.3 Å². The number of rotatable bonds is 10. The van der Waals surface area contributed by atoms with Crippen molar-refractivity contribution >= 4 is 50.3 Å². The minimum atomic E-state index is -0.212. The third kappa shape index (κ3) is 6.10. The van der Waals surface area contributed by atoms with E-state index in [1.165, 1.54) is 17.4 Å². The molecule has 0 atom stereocenters. The van der Waals surface area contributed by atoms with E-state index in [2.05, 4.69) is 4.90 Å². The van der Waals surface area contributed by atoms with E-state index < -0.39 is 0 Å². The first-order valence-electron chi connectivity index (χ1n) is 11.7. The average Bonchev–Trinajstić information content (AvgIpc) is 3.38. The topological polar surface area (TPSA) is 82.6 Å². The summed E-state index contributed by atoms with van der Waals surface area (Å²) in [5.41, 5.74) is 1.36. The van der Waals surface area contributed by atoms with Gasteiger partial charge in [0.25, 0.3) is 5.91 Å². The normalized spacial score (nSPS) is 14.2. The van der Waals surface area contributed by atoms with Gasteiger partial charge in [0.2, 0.25) is 5.75 Å². The number of morpholine rings is 1. The minimum absolute atomic E-state index is 0.212. The second-order valence-electron chi connectivity index (χ2n) is 8.16. The Bertz CT molecular complexity index is 1250. The number of hydrogen-bond acceptors (Lipinski definition) is 9. The fraction of sp³-hybridized carbons (Fsp3) is 0.385. The van der Waals surface area contributed by atoms with Crippen molar-refractivity contribution in [2.24, 2.45) is 0 Å². The number of aromatic nitrogens is 1. The summed E-state index contributed by atoms with van der Waals surface area (Å²) in [5.74, 6) is 1.89. The van der Waals surface area contributed by atoms with Crippen molar-refractivity contribution in [3.63, 3.8) is 0 Å². The average molecular weight is 548 g/mol. The predicted molar refractivity (Wildman–Crippen MR) is 146 cm³/mol. The molecule has 0 bridgehead atoms. The molecule has 11 heteroatoms. The Hall–Kier alpha value is -3.05. The van der Waals surface area contributed by atoms with Gasteiger partial charge in [-0.25, -0.2) is 4.98 Å². The van der Waals surface area contributed by atoms with Gasteiger partial charge in [0.05, 0.1) is 51.4 Å². The maximum Gasteiger partial charge on any atom is 0.252 e. The van der Waals surface area contributed by atoms with Gasteiger partial charge in [0.15, 0.2) is 16.6 Å². The fourth-order valence-electron chi connectivity index (χ4n) is 4.04. The predicted octanol–water partition coefficient (Wildman–Crippen LogP) is 4.36. The third-order valence-corrected chi connectivity index (χ3v) is 7.55. The van der Waals surface area contributed by atoms with Crippen molar-refractivity contribution < 1.29 is 28.5 Å². The van der Waals surface area contributed by atoms with Crippen LogP contribution in [0.4, 0.5) is 5.13 Å². The van der Waals surface area contributed by atoms with E-state index >= 15 is 0 Å². The molecule has 0 spiro atoms. The van der Waals surface area contributed by atoms with Crippen LogP contribution in [0, 0.1) is 0 Å². The van der Waals surface area contributed by atoms with Crippen LogP contribution in [0.1, 0.15) is 5.56 Å². The van der Waals surface area contributed by atoms with Crippen molar-refractivity contribution in [1.82, 2.24) is 9.88 Å². The van der Waals surface area contributed by atoms with Crippen molar-refractivity contribution in [1.29, 1.82) is 0 Å². The molecule has 1 saturated heterocycles. The highest BCUT2D eigenvalue weighted by Gasteiger charge is 2.22. The summed E-state index contributed by atoms with van der Waals surface area (Å²) in [6, 6.07) is 7.12. The van der Waals surface area contributed by atoms with Gasteiger partial charge in [-0.05, 0) is 35.9 Å². The Labute approximate surface area is 225 Å². The summed E-state index contributed by atoms with van der Waals surface area (Å²) in [7, 11) is 6.24. The number of amides is 1. The minimum Gasteiger partial charge on any atom is -0.494 e. The lowest BCUT2D eigenvalue weighted by atomic mass is 10.1. The molecular weight excluding hydrogens is 518 g/mol. The summed E-state index contributed by atoms with van der Waals surface area (Å²) in [6.45, 7) is 4.16. The molecule has 0 aliphatic carbocycles. The van der Waals surface area contributed by atoms with Crippen LogP contribution < -0.4 is 23.8 Å². The summed E-state index contributed by atoms with van der Waals surface area (Å²) in [4.78, 5) is 22.2. The Morgan fingerprint density at radius 1 is 1.08 bits per heavy atom. The number of anilines is 1. The second kappa shape index (κ2) is 12.5. The van der Waals surface area contributed by atoms with Crippen LogP contribution in [-0.4, -0.2) is 83.6 Å². The largest absolute Gasteiger partial charge is 0.494 e. The van der Waals surface area contributed by atoms with Gasteiger partial charge in [-0.2, -0.15) is 0 Å². The Morgan fingerprint density at radius 3 is 2.38 bits per heavy atom. The van der Waals surface area contributed by atoms with Crippen molar-refractivity contribution in [3.05, 3.63) is 40.9 Å². The summed E-state index contributed by atoms with van der Waals surface area (Å²) >= 11 is 7.81. The molecule has 1 aliphatic heterocycles. The van der Waals surface area contributed by atoms with Crippen molar-refractivity contribution in [2.45, 2.75) is 0 Å². The van der Waals surface area contributed by atoms with Gasteiger partial charge in [0, 0.05) is 32.3 Å². The standard InChI is InChI=1S/C26H30ClN3O6S/c1-32-19-7-6-18(27)25-23(19)28-26(37-25)30(10-9-29-11-13-36-14-12-29)22(31)8-5-17-15-20(33-2)24(35-4)21(16-17)34-3/h5-8,15-16H,9-14H2,1-4H3/b8-5+. The zero-order chi connectivity index (χ0) is 26.4. The smallest absolute Gasteiger partial charge is 0.252 e. The molecule has 1 fully saturated rings. The van der Waals surface area contributed by atoms with E-state index in [0.717, 1.165) is 23.4 Å². The van der Waals surface area contributed by atoms with Gasteiger partial charge in [-0.1, -0.05) is 22.9 Å². The number of methoxy groups -OCH3 is 4. The maximum absolute atomic E-state index is 13.5. The van der Waals surface area contributed by atoms with Gasteiger partial charge < -0.3 is 23.7 Å². The van der Waals surface area contributed by atoms with Crippen LogP contribution in [0.3, 0.4) is 0 Å². The van der Waals surface area contributed by atoms with E-state index in [0.29, 0.717) is 65.0 Å². The quantitative estimate of drug-likeness (QED) is 0.346. The molecule has 0 N–H and O–H groups in total. The van der Waals surface area contributed by atoms with Gasteiger partial charge in [0.1, 0.15) is 11.3 Å². The lowest BCUT2D eigenvalue weighted by Gasteiger charge is -2.28. The molecule has 37 heavy (non-hydrogen) atoms. The highest BCUT2D eigenvalue weighted by atomic mass is 35.5. The second-order valence-corrected chi connectivity index (χ2v) is 9.54. The molecule has 1 amide bonds. The molecule has 1 aromatic heterocycles. The number of hydrogen-bond donors (Lipinski definition) is 0. The van der Waals surface area contributed by atoms with E-state index in [-0.39, 0.29) is 5.91 Å². The first-order chi connectivity index (χ1) is 18.0. The zero-order valence-corrected chi connectivity index (χ0v) is 22.9. The highest BCUT2D eigenvalue weighted by Crippen LogP contribution is 2.40. The summed E-state index contributed by atoms with van der Waals surface area (Å²) < 4.78 is 28.0. The molecule has 4 rings (SSSR count). The molecule has 0 saturated carbocycles. The van der Waals surface area contributed by atoms with E-state index in [9.17, 15) is 4.79 Å². The first-order valence-corrected chi connectivity index (χ1v) is 12.9. The maximum atomic E-state index is 13.5. The van der Waals surface area contributed by atoms with Crippen LogP contribution in [0.15, 0.2) is 30.3 Å². The number of carbonyl (C=O) groups is 1. The van der Waals surface area contributed by atoms with Gasteiger partial charge in [-0.3, -0.25) is 14.6 Å². The number of thiazole rings is 1. The SMILES string of the molecule is COc1cc(/C=C/C(=O)N(CCN2CCOCC2)c2nc3c(OC)ccc(Cl)c3s2)cc(OC)c1OC. The molecule has 2 aromatic carbocycles. The molecule has 3 aromatic rings. The molecule has 198 valence electrons. The molecule has 0 radical (unpaired) electrons. The number of nitrogens with zero attached hydrogens (tertiary/aromatic N) is 3. The number of halogens is 1. The van der Waals surface area contributed by atoms with Gasteiger partial charge >= 0.3 is 0 Å². The van der Waals surface area contributed by atoms with Crippen LogP contribution in [-0.2, 0) is 9.53 Å². The Balaban J connectivity index is 1.65. The van der Waals surface area contributed by atoms with Crippen LogP contribution >= 0.6 is 22.9 Å². The number of ether oxygens (including phenoxy) is 5.